The van der Waals surface area contributed by atoms with Crippen LogP contribution in [0.4, 0.5) is 0 Å². The van der Waals surface area contributed by atoms with E-state index in [1.807, 2.05) is 24.3 Å². The van der Waals surface area contributed by atoms with Crippen LogP contribution in [-0.4, -0.2) is 18.6 Å². The molecular formula is C76H60N4. The minimum absolute atomic E-state index is 0.208. The Hall–Kier alpha value is -9.90. The van der Waals surface area contributed by atoms with E-state index >= 15 is 0 Å². The van der Waals surface area contributed by atoms with Crippen molar-refractivity contribution in [3.05, 3.63) is 319 Å². The number of allylic oxidation sites excluding steroid dienone is 16. The summed E-state index contributed by atoms with van der Waals surface area (Å²) in [6.45, 7) is 12.2. The van der Waals surface area contributed by atoms with Gasteiger partial charge in [0.2, 0.25) is 0 Å². The number of nitrogens with zero attached hydrogens (tertiary/aromatic N) is 4. The zero-order valence-corrected chi connectivity index (χ0v) is 44.8. The van der Waals surface area contributed by atoms with Crippen LogP contribution in [0.3, 0.4) is 0 Å². The lowest BCUT2D eigenvalue weighted by Crippen LogP contribution is -2.31. The van der Waals surface area contributed by atoms with Crippen molar-refractivity contribution in [2.24, 2.45) is 5.92 Å². The Kier molecular flexibility index (Phi) is 12.4. The van der Waals surface area contributed by atoms with Gasteiger partial charge >= 0.3 is 0 Å². The number of fused-ring (bicyclic) bond motifs is 8. The summed E-state index contributed by atoms with van der Waals surface area (Å²) in [5.74, 6) is 0.581. The van der Waals surface area contributed by atoms with Gasteiger partial charge in [0.1, 0.15) is 0 Å². The third kappa shape index (κ3) is 8.40. The molecule has 0 fully saturated rings. The van der Waals surface area contributed by atoms with E-state index in [1.54, 1.807) is 0 Å². The molecule has 0 amide bonds. The van der Waals surface area contributed by atoms with Crippen LogP contribution >= 0.6 is 0 Å². The monoisotopic (exact) mass is 1030 g/mol. The summed E-state index contributed by atoms with van der Waals surface area (Å²) in [6, 6.07) is 62.9. The van der Waals surface area contributed by atoms with Gasteiger partial charge in [0.25, 0.3) is 0 Å². The van der Waals surface area contributed by atoms with Crippen molar-refractivity contribution >= 4 is 67.4 Å². The summed E-state index contributed by atoms with van der Waals surface area (Å²) in [6.07, 6.45) is 38.7. The van der Waals surface area contributed by atoms with Crippen LogP contribution in [0.5, 0.6) is 0 Å². The fourth-order valence-electron chi connectivity index (χ4n) is 12.9. The molecule has 4 nitrogen and oxygen atoms in total. The van der Waals surface area contributed by atoms with E-state index in [0.29, 0.717) is 5.92 Å². The molecule has 80 heavy (non-hydrogen) atoms. The smallest absolute Gasteiger partial charge is 0.0541 e. The molecule has 0 saturated carbocycles. The Labute approximate surface area is 467 Å². The number of hydrogen-bond donors (Lipinski definition) is 0. The highest BCUT2D eigenvalue weighted by atomic mass is 15.2. The fraction of sp³-hybridized carbons (Fsp3) is 0.0789. The second-order valence-corrected chi connectivity index (χ2v) is 21.2. The lowest BCUT2D eigenvalue weighted by atomic mass is 9.85. The molecule has 0 aliphatic heterocycles. The van der Waals surface area contributed by atoms with Crippen molar-refractivity contribution in [3.63, 3.8) is 0 Å². The van der Waals surface area contributed by atoms with Gasteiger partial charge in [-0.1, -0.05) is 184 Å². The molecule has 4 aliphatic rings. The Morgan fingerprint density at radius 2 is 1.23 bits per heavy atom. The van der Waals surface area contributed by atoms with Crippen molar-refractivity contribution < 1.29 is 0 Å². The number of benzene rings is 7. The van der Waals surface area contributed by atoms with Gasteiger partial charge in [-0.15, -0.1) is 0 Å². The molecule has 2 unspecified atom stereocenters. The van der Waals surface area contributed by atoms with Crippen LogP contribution in [0.2, 0.25) is 0 Å². The summed E-state index contributed by atoms with van der Waals surface area (Å²) in [4.78, 5) is 2.39. The minimum Gasteiger partial charge on any atom is -0.314 e. The van der Waals surface area contributed by atoms with E-state index in [9.17, 15) is 0 Å². The molecule has 4 heteroatoms. The number of rotatable bonds is 13. The third-order valence-corrected chi connectivity index (χ3v) is 16.7. The summed E-state index contributed by atoms with van der Waals surface area (Å²) < 4.78 is 7.21. The first-order valence-electron chi connectivity index (χ1n) is 28.0. The molecule has 7 aromatic carbocycles. The topological polar surface area (TPSA) is 18.0 Å². The van der Waals surface area contributed by atoms with Gasteiger partial charge in [0.05, 0.1) is 22.1 Å². The summed E-state index contributed by atoms with van der Waals surface area (Å²) in [5.41, 5.74) is 20.5. The molecule has 0 spiro atoms. The lowest BCUT2D eigenvalue weighted by molar-refractivity contribution is 0.513. The van der Waals surface area contributed by atoms with Gasteiger partial charge in [-0.05, 0) is 162 Å². The Bertz CT molecular complexity index is 4510. The summed E-state index contributed by atoms with van der Waals surface area (Å²) in [7, 11) is 0. The van der Waals surface area contributed by atoms with Crippen LogP contribution in [0, 0.1) is 5.92 Å². The predicted octanol–water partition coefficient (Wildman–Crippen LogP) is 17.9. The molecule has 0 radical (unpaired) electrons. The molecule has 384 valence electrons. The Balaban J connectivity index is 0.835. The van der Waals surface area contributed by atoms with Crippen LogP contribution in [-0.2, 0) is 0 Å². The van der Waals surface area contributed by atoms with Crippen molar-refractivity contribution in [2.45, 2.75) is 31.6 Å². The zero-order valence-electron chi connectivity index (χ0n) is 44.8. The maximum absolute atomic E-state index is 4.23. The average molecular weight is 1030 g/mol. The SMILES string of the molecule is C=CC=Cc1cc2ccccc2n1-c1ccc(C2C=c3c(n(-c4ccc(C5=CC=C(N(C(C=C)=CC=C)C6=C7C=CC=CC7CC=C6)CC5)cc4)c4ccc(-c5ccc(-n6c7ccccc7c7ccccc76)cc5)cc34)=CC2)cc1. The van der Waals surface area contributed by atoms with Gasteiger partial charge in [-0.25, -0.2) is 0 Å². The molecule has 10 aromatic rings. The standard InChI is InChI=1S/C76H60N4/c1-4-7-21-65-49-59-19-9-13-25-71(59)78(65)62-41-33-54(34-42-62)57-37-47-75-69(50-57)70-51-58(55-35-45-63(46-36-55)79-73-26-14-11-23-67(73)68-24-12-15-27-74(68)79)38-48-76(70)80(75)64-43-31-53(32-44-64)52-29-39-61(40-30-52)77(60(6-3)17-5-2)72-28-16-20-56-18-8-10-22-66(56)72/h4-19,21-29,31-36,38-39,41-51,56-57H,1-3,20,30,37,40H2. The van der Waals surface area contributed by atoms with E-state index in [2.05, 4.69) is 281 Å². The summed E-state index contributed by atoms with van der Waals surface area (Å²) in [5, 5.41) is 7.51. The minimum atomic E-state index is 0.208. The quantitative estimate of drug-likeness (QED) is 0.105. The molecule has 0 bridgehead atoms. The first-order chi connectivity index (χ1) is 39.5. The van der Waals surface area contributed by atoms with E-state index in [0.717, 1.165) is 54.1 Å². The van der Waals surface area contributed by atoms with Gasteiger partial charge in [-0.3, -0.25) is 0 Å². The van der Waals surface area contributed by atoms with Gasteiger partial charge in [0.15, 0.2) is 0 Å². The Morgan fingerprint density at radius 1 is 0.550 bits per heavy atom. The molecule has 3 heterocycles. The van der Waals surface area contributed by atoms with E-state index < -0.39 is 0 Å². The summed E-state index contributed by atoms with van der Waals surface area (Å²) >= 11 is 0. The predicted molar refractivity (Wildman–Crippen MR) is 339 cm³/mol. The first-order valence-corrected chi connectivity index (χ1v) is 28.0. The molecule has 3 aromatic heterocycles. The fourth-order valence-corrected chi connectivity index (χ4v) is 12.9. The van der Waals surface area contributed by atoms with Crippen molar-refractivity contribution in [3.8, 4) is 28.2 Å². The van der Waals surface area contributed by atoms with Gasteiger partial charge in [0, 0.05) is 83.8 Å². The van der Waals surface area contributed by atoms with E-state index in [-0.39, 0.29) is 5.92 Å². The first kappa shape index (κ1) is 48.5. The van der Waals surface area contributed by atoms with Crippen molar-refractivity contribution in [2.75, 3.05) is 0 Å². The maximum Gasteiger partial charge on any atom is 0.0541 e. The third-order valence-electron chi connectivity index (χ3n) is 16.7. The van der Waals surface area contributed by atoms with Crippen molar-refractivity contribution in [1.29, 1.82) is 0 Å². The van der Waals surface area contributed by atoms with E-state index in [1.165, 1.54) is 99.0 Å². The number of aromatic nitrogens is 3. The van der Waals surface area contributed by atoms with Gasteiger partial charge < -0.3 is 18.6 Å². The molecule has 0 N–H and O–H groups in total. The number of hydrogen-bond acceptors (Lipinski definition) is 1. The molecule has 14 rings (SSSR count). The lowest BCUT2D eigenvalue weighted by Gasteiger charge is -2.35. The highest BCUT2D eigenvalue weighted by Gasteiger charge is 2.26. The normalized spacial score (nSPS) is 16.9. The highest BCUT2D eigenvalue weighted by Crippen LogP contribution is 2.40. The van der Waals surface area contributed by atoms with Crippen LogP contribution in [0.25, 0.3) is 95.6 Å². The molecular weight excluding hydrogens is 969 g/mol. The van der Waals surface area contributed by atoms with Crippen molar-refractivity contribution in [1.82, 2.24) is 18.6 Å². The van der Waals surface area contributed by atoms with Crippen LogP contribution in [0.1, 0.15) is 48.4 Å². The molecule has 2 atom stereocenters. The van der Waals surface area contributed by atoms with Crippen LogP contribution < -0.4 is 10.6 Å². The highest BCUT2D eigenvalue weighted by molar-refractivity contribution is 6.09. The van der Waals surface area contributed by atoms with Gasteiger partial charge in [-0.2, -0.15) is 0 Å². The van der Waals surface area contributed by atoms with E-state index in [4.69, 9.17) is 0 Å². The average Bonchev–Trinajstić information content (AvgIpc) is 4.38. The zero-order chi connectivity index (χ0) is 53.7. The second kappa shape index (κ2) is 20.5. The maximum atomic E-state index is 4.23. The Morgan fingerprint density at radius 3 is 1.95 bits per heavy atom. The van der Waals surface area contributed by atoms with Crippen LogP contribution in [0.15, 0.2) is 291 Å². The number of para-hydroxylation sites is 3. The molecule has 4 aliphatic carbocycles. The molecule has 0 saturated heterocycles. The second-order valence-electron chi connectivity index (χ2n) is 21.2. The largest absolute Gasteiger partial charge is 0.314 e.